The Labute approximate surface area is 147 Å². The fourth-order valence-corrected chi connectivity index (χ4v) is 2.60. The Kier molecular flexibility index (Phi) is 5.81. The van der Waals surface area contributed by atoms with Crippen molar-refractivity contribution in [2.75, 3.05) is 12.8 Å². The number of carboxylic acid groups (broad SMARTS) is 1. The summed E-state index contributed by atoms with van der Waals surface area (Å²) in [5, 5.41) is 8.90. The summed E-state index contributed by atoms with van der Waals surface area (Å²) >= 11 is 0.943. The van der Waals surface area contributed by atoms with Gasteiger partial charge in [-0.25, -0.2) is 9.97 Å². The van der Waals surface area contributed by atoms with Crippen molar-refractivity contribution in [2.24, 2.45) is 5.92 Å². The molecule has 1 aromatic heterocycles. The molecular formula is C16H15N3O5S. The monoisotopic (exact) mass is 361 g/mol. The van der Waals surface area contributed by atoms with Crippen LogP contribution in [0.4, 0.5) is 0 Å². The Morgan fingerprint density at radius 1 is 1.40 bits per heavy atom. The number of carbonyl (C=O) groups excluding carboxylic acids is 3. The SMILES string of the molecule is CC1=CC(=O)C(C(=O)/C=C/c2ccnc(SCC(=O)O)n2)C(=O)N1C. The van der Waals surface area contributed by atoms with Crippen molar-refractivity contribution >= 4 is 41.3 Å². The van der Waals surface area contributed by atoms with Gasteiger partial charge >= 0.3 is 5.97 Å². The molecule has 1 atom stereocenters. The van der Waals surface area contributed by atoms with Gasteiger partial charge in [0.15, 0.2) is 22.6 Å². The minimum Gasteiger partial charge on any atom is -0.481 e. The number of nitrogens with zero attached hydrogens (tertiary/aromatic N) is 3. The van der Waals surface area contributed by atoms with E-state index in [1.54, 1.807) is 6.92 Å². The van der Waals surface area contributed by atoms with E-state index in [0.717, 1.165) is 17.8 Å². The molecule has 8 nitrogen and oxygen atoms in total. The molecule has 1 aromatic rings. The quantitative estimate of drug-likeness (QED) is 0.342. The van der Waals surface area contributed by atoms with Gasteiger partial charge in [0, 0.05) is 25.0 Å². The van der Waals surface area contributed by atoms with Crippen LogP contribution in [0.15, 0.2) is 35.3 Å². The zero-order chi connectivity index (χ0) is 18.6. The van der Waals surface area contributed by atoms with Crippen LogP contribution in [-0.2, 0) is 19.2 Å². The molecule has 0 aromatic carbocycles. The Bertz CT molecular complexity index is 803. The molecule has 1 amide bonds. The summed E-state index contributed by atoms with van der Waals surface area (Å²) in [5.74, 6) is -4.31. The molecule has 0 spiro atoms. The second kappa shape index (κ2) is 7.84. The van der Waals surface area contributed by atoms with Crippen molar-refractivity contribution in [3.63, 3.8) is 0 Å². The molecule has 2 heterocycles. The number of carboxylic acids is 1. The van der Waals surface area contributed by atoms with E-state index in [-0.39, 0.29) is 10.9 Å². The largest absolute Gasteiger partial charge is 0.481 e. The molecule has 1 N–H and O–H groups in total. The van der Waals surface area contributed by atoms with Crippen LogP contribution in [0.5, 0.6) is 0 Å². The van der Waals surface area contributed by atoms with Crippen LogP contribution in [0.25, 0.3) is 6.08 Å². The molecule has 2 rings (SSSR count). The highest BCUT2D eigenvalue weighted by Gasteiger charge is 2.37. The van der Waals surface area contributed by atoms with E-state index < -0.39 is 29.4 Å². The van der Waals surface area contributed by atoms with Crippen LogP contribution in [0.1, 0.15) is 12.6 Å². The zero-order valence-electron chi connectivity index (χ0n) is 13.5. The maximum Gasteiger partial charge on any atom is 0.313 e. The second-order valence-corrected chi connectivity index (χ2v) is 6.14. The van der Waals surface area contributed by atoms with Crippen molar-refractivity contribution in [3.8, 4) is 0 Å². The number of amides is 1. The number of thioether (sulfide) groups is 1. The van der Waals surface area contributed by atoms with E-state index in [1.807, 2.05) is 0 Å². The van der Waals surface area contributed by atoms with E-state index in [2.05, 4.69) is 9.97 Å². The molecule has 0 radical (unpaired) electrons. The Morgan fingerprint density at radius 2 is 2.12 bits per heavy atom. The van der Waals surface area contributed by atoms with E-state index in [1.165, 1.54) is 36.4 Å². The number of hydrogen-bond acceptors (Lipinski definition) is 7. The highest BCUT2D eigenvalue weighted by molar-refractivity contribution is 7.99. The van der Waals surface area contributed by atoms with Crippen LogP contribution >= 0.6 is 11.8 Å². The van der Waals surface area contributed by atoms with E-state index in [4.69, 9.17) is 5.11 Å². The van der Waals surface area contributed by atoms with Gasteiger partial charge < -0.3 is 10.0 Å². The first kappa shape index (κ1) is 18.5. The normalized spacial score (nSPS) is 17.8. The molecule has 9 heteroatoms. The summed E-state index contributed by atoms with van der Waals surface area (Å²) < 4.78 is 0. The molecule has 25 heavy (non-hydrogen) atoms. The zero-order valence-corrected chi connectivity index (χ0v) is 14.3. The molecular weight excluding hydrogens is 346 g/mol. The first-order chi connectivity index (χ1) is 11.8. The van der Waals surface area contributed by atoms with E-state index >= 15 is 0 Å². The second-order valence-electron chi connectivity index (χ2n) is 5.20. The summed E-state index contributed by atoms with van der Waals surface area (Å²) in [6.07, 6.45) is 5.18. The van der Waals surface area contributed by atoms with Crippen LogP contribution in [-0.4, -0.2) is 56.2 Å². The fraction of sp³-hybridized carbons (Fsp3) is 0.250. The smallest absolute Gasteiger partial charge is 0.313 e. The van der Waals surface area contributed by atoms with Gasteiger partial charge in [-0.05, 0) is 25.1 Å². The van der Waals surface area contributed by atoms with Crippen molar-refractivity contribution in [1.82, 2.24) is 14.9 Å². The molecule has 0 saturated carbocycles. The molecule has 130 valence electrons. The lowest BCUT2D eigenvalue weighted by Gasteiger charge is -2.25. The number of carbonyl (C=O) groups is 4. The summed E-state index contributed by atoms with van der Waals surface area (Å²) in [7, 11) is 1.50. The highest BCUT2D eigenvalue weighted by atomic mass is 32.2. The third-order valence-electron chi connectivity index (χ3n) is 3.42. The fourth-order valence-electron chi connectivity index (χ4n) is 2.04. The standard InChI is InChI=1S/C16H15N3O5S/c1-9-7-12(21)14(15(24)19(9)2)11(20)4-3-10-5-6-17-16(18-10)25-8-13(22)23/h3-7,14H,8H2,1-2H3,(H,22,23)/b4-3+. The Balaban J connectivity index is 2.12. The average molecular weight is 361 g/mol. The van der Waals surface area contributed by atoms with Crippen molar-refractivity contribution in [2.45, 2.75) is 12.1 Å². The maximum atomic E-state index is 12.2. The lowest BCUT2D eigenvalue weighted by Crippen LogP contribution is -2.43. The van der Waals surface area contributed by atoms with Crippen LogP contribution in [0.3, 0.4) is 0 Å². The van der Waals surface area contributed by atoms with E-state index in [9.17, 15) is 19.2 Å². The topological polar surface area (TPSA) is 118 Å². The van der Waals surface area contributed by atoms with Crippen LogP contribution in [0.2, 0.25) is 0 Å². The first-order valence-corrected chi connectivity index (χ1v) is 8.17. The number of rotatable bonds is 6. The minimum atomic E-state index is -1.38. The van der Waals surface area contributed by atoms with Gasteiger partial charge in [-0.2, -0.15) is 0 Å². The number of aromatic nitrogens is 2. The Hall–Kier alpha value is -2.81. The predicted octanol–water partition coefficient (Wildman–Crippen LogP) is 0.797. The number of hydrogen-bond donors (Lipinski definition) is 1. The van der Waals surface area contributed by atoms with Gasteiger partial charge in [0.05, 0.1) is 11.4 Å². The summed E-state index contributed by atoms with van der Waals surface area (Å²) in [6, 6.07) is 1.52. The lowest BCUT2D eigenvalue weighted by molar-refractivity contribution is -0.143. The molecule has 0 aliphatic carbocycles. The summed E-state index contributed by atoms with van der Waals surface area (Å²) in [4.78, 5) is 56.1. The third kappa shape index (κ3) is 4.60. The number of allylic oxidation sites excluding steroid dienone is 3. The van der Waals surface area contributed by atoms with Crippen molar-refractivity contribution in [3.05, 3.63) is 35.8 Å². The predicted molar refractivity (Wildman–Crippen MR) is 89.5 cm³/mol. The van der Waals surface area contributed by atoms with Gasteiger partial charge in [0.25, 0.3) is 0 Å². The maximum absolute atomic E-state index is 12.2. The van der Waals surface area contributed by atoms with Crippen LogP contribution in [0, 0.1) is 5.92 Å². The highest BCUT2D eigenvalue weighted by Crippen LogP contribution is 2.19. The molecule has 0 fully saturated rings. The lowest BCUT2D eigenvalue weighted by atomic mass is 9.93. The molecule has 1 aliphatic rings. The third-order valence-corrected chi connectivity index (χ3v) is 4.27. The van der Waals surface area contributed by atoms with Crippen molar-refractivity contribution in [1.29, 1.82) is 0 Å². The first-order valence-electron chi connectivity index (χ1n) is 7.19. The van der Waals surface area contributed by atoms with Gasteiger partial charge in [-0.1, -0.05) is 11.8 Å². The summed E-state index contributed by atoms with van der Waals surface area (Å²) in [6.45, 7) is 1.61. The molecule has 1 unspecified atom stereocenters. The molecule has 0 bridgehead atoms. The van der Waals surface area contributed by atoms with Gasteiger partial charge in [0.2, 0.25) is 5.91 Å². The van der Waals surface area contributed by atoms with Gasteiger partial charge in [-0.3, -0.25) is 19.2 Å². The number of aliphatic carboxylic acids is 1. The minimum absolute atomic E-state index is 0.185. The number of ketones is 2. The summed E-state index contributed by atoms with van der Waals surface area (Å²) in [5.41, 5.74) is 0.853. The van der Waals surface area contributed by atoms with Crippen LogP contribution < -0.4 is 0 Å². The van der Waals surface area contributed by atoms with Crippen molar-refractivity contribution < 1.29 is 24.3 Å². The van der Waals surface area contributed by atoms with Gasteiger partial charge in [-0.15, -0.1) is 0 Å². The van der Waals surface area contributed by atoms with E-state index in [0.29, 0.717) is 11.4 Å². The Morgan fingerprint density at radius 3 is 2.80 bits per heavy atom. The van der Waals surface area contributed by atoms with Gasteiger partial charge in [0.1, 0.15) is 0 Å². The molecule has 1 aliphatic heterocycles. The average Bonchev–Trinajstić information content (AvgIpc) is 2.56. The molecule has 0 saturated heterocycles.